The summed E-state index contributed by atoms with van der Waals surface area (Å²) in [4.78, 5) is 24.1. The number of carboxylic acids is 2. The SMILES string of the molecule is O=C(O)c1ccnc(C(=O)O)c1.[Zn]. The predicted octanol–water partition coefficient (Wildman–Crippen LogP) is 0.475. The molecule has 1 heterocycles. The fourth-order valence-corrected chi connectivity index (χ4v) is 0.681. The molecule has 0 fully saturated rings. The van der Waals surface area contributed by atoms with Crippen LogP contribution < -0.4 is 0 Å². The standard InChI is InChI=1S/C7H5NO4.Zn/c9-6(10)4-1-2-8-5(3-4)7(11)12;/h1-3H,(H,9,10)(H,11,12);. The Bertz CT molecular complexity index is 310. The Kier molecular flexibility index (Phi) is 4.21. The molecule has 5 nitrogen and oxygen atoms in total. The molecule has 0 atom stereocenters. The van der Waals surface area contributed by atoms with Crippen molar-refractivity contribution in [1.82, 2.24) is 4.98 Å². The van der Waals surface area contributed by atoms with E-state index in [-0.39, 0.29) is 30.7 Å². The Balaban J connectivity index is 0.00000144. The van der Waals surface area contributed by atoms with Crippen molar-refractivity contribution in [2.45, 2.75) is 0 Å². The van der Waals surface area contributed by atoms with E-state index in [1.807, 2.05) is 0 Å². The molecule has 0 radical (unpaired) electrons. The summed E-state index contributed by atoms with van der Waals surface area (Å²) in [5.74, 6) is -2.40. The number of carbonyl (C=O) groups is 2. The molecule has 1 rings (SSSR count). The maximum absolute atomic E-state index is 10.4. The molecule has 0 saturated heterocycles. The van der Waals surface area contributed by atoms with Crippen molar-refractivity contribution in [3.05, 3.63) is 29.6 Å². The van der Waals surface area contributed by atoms with Crippen LogP contribution in [0.25, 0.3) is 0 Å². The Labute approximate surface area is 86.2 Å². The van der Waals surface area contributed by atoms with Gasteiger partial charge in [-0.25, -0.2) is 14.6 Å². The van der Waals surface area contributed by atoms with Gasteiger partial charge < -0.3 is 10.2 Å². The zero-order valence-corrected chi connectivity index (χ0v) is 9.56. The first-order valence-electron chi connectivity index (χ1n) is 3.04. The van der Waals surface area contributed by atoms with Gasteiger partial charge in [0.2, 0.25) is 0 Å². The van der Waals surface area contributed by atoms with Gasteiger partial charge in [0.05, 0.1) is 5.56 Å². The minimum Gasteiger partial charge on any atom is -0.478 e. The van der Waals surface area contributed by atoms with Crippen molar-refractivity contribution in [3.63, 3.8) is 0 Å². The van der Waals surface area contributed by atoms with E-state index in [9.17, 15) is 9.59 Å². The first-order chi connectivity index (χ1) is 5.61. The second-order valence-corrected chi connectivity index (χ2v) is 2.04. The van der Waals surface area contributed by atoms with E-state index in [0.717, 1.165) is 12.3 Å². The smallest absolute Gasteiger partial charge is 0.354 e. The van der Waals surface area contributed by atoms with Gasteiger partial charge in [-0.1, -0.05) is 0 Å². The van der Waals surface area contributed by atoms with Crippen molar-refractivity contribution >= 4 is 11.9 Å². The summed E-state index contributed by atoms with van der Waals surface area (Å²) < 4.78 is 0. The van der Waals surface area contributed by atoms with E-state index in [4.69, 9.17) is 10.2 Å². The van der Waals surface area contributed by atoms with Gasteiger partial charge in [-0.3, -0.25) is 0 Å². The zero-order chi connectivity index (χ0) is 9.14. The molecular formula is C7H5NO4Zn. The van der Waals surface area contributed by atoms with E-state index in [0.29, 0.717) is 0 Å². The molecule has 0 aliphatic rings. The van der Waals surface area contributed by atoms with Crippen LogP contribution >= 0.6 is 0 Å². The number of aromatic nitrogens is 1. The van der Waals surface area contributed by atoms with Crippen molar-refractivity contribution in [3.8, 4) is 0 Å². The van der Waals surface area contributed by atoms with Crippen molar-refractivity contribution in [1.29, 1.82) is 0 Å². The number of nitrogens with zero attached hydrogens (tertiary/aromatic N) is 1. The number of pyridine rings is 1. The number of rotatable bonds is 2. The average Bonchev–Trinajstić information content (AvgIpc) is 2.04. The molecule has 13 heavy (non-hydrogen) atoms. The largest absolute Gasteiger partial charge is 0.478 e. The van der Waals surface area contributed by atoms with E-state index >= 15 is 0 Å². The number of aromatic carboxylic acids is 2. The Hall–Kier alpha value is -1.29. The van der Waals surface area contributed by atoms with Crippen LogP contribution in [0.15, 0.2) is 18.3 Å². The summed E-state index contributed by atoms with van der Waals surface area (Å²) in [7, 11) is 0. The number of carboxylic acid groups (broad SMARTS) is 2. The maximum atomic E-state index is 10.4. The Morgan fingerprint density at radius 3 is 2.31 bits per heavy atom. The molecule has 1 aromatic rings. The molecule has 0 aliphatic carbocycles. The van der Waals surface area contributed by atoms with Crippen LogP contribution in [-0.2, 0) is 19.5 Å². The second-order valence-electron chi connectivity index (χ2n) is 2.04. The molecule has 6 heteroatoms. The van der Waals surface area contributed by atoms with Crippen molar-refractivity contribution in [2.75, 3.05) is 0 Å². The molecule has 0 bridgehead atoms. The second kappa shape index (κ2) is 4.67. The molecule has 0 aliphatic heterocycles. The van der Waals surface area contributed by atoms with Gasteiger partial charge in [-0.2, -0.15) is 0 Å². The number of hydrogen-bond donors (Lipinski definition) is 2. The molecule has 1 aromatic heterocycles. The molecule has 0 amide bonds. The Morgan fingerprint density at radius 2 is 1.85 bits per heavy atom. The first kappa shape index (κ1) is 11.7. The van der Waals surface area contributed by atoms with Gasteiger partial charge in [0.25, 0.3) is 0 Å². The topological polar surface area (TPSA) is 87.5 Å². The summed E-state index contributed by atoms with van der Waals surface area (Å²) >= 11 is 0. The molecule has 0 aromatic carbocycles. The maximum Gasteiger partial charge on any atom is 0.354 e. The molecule has 0 unspecified atom stereocenters. The average molecular weight is 233 g/mol. The number of hydrogen-bond acceptors (Lipinski definition) is 3. The Morgan fingerprint density at radius 1 is 1.23 bits per heavy atom. The first-order valence-corrected chi connectivity index (χ1v) is 3.04. The quantitative estimate of drug-likeness (QED) is 0.724. The summed E-state index contributed by atoms with van der Waals surface area (Å²) in [6.07, 6.45) is 1.15. The third-order valence-electron chi connectivity index (χ3n) is 1.23. The molecule has 64 valence electrons. The summed E-state index contributed by atoms with van der Waals surface area (Å²) in [5.41, 5.74) is -0.350. The normalized spacial score (nSPS) is 8.62. The minimum absolute atomic E-state index is 0. The van der Waals surface area contributed by atoms with E-state index in [2.05, 4.69) is 4.98 Å². The van der Waals surface area contributed by atoms with Crippen molar-refractivity contribution < 1.29 is 39.3 Å². The molecule has 0 saturated carbocycles. The van der Waals surface area contributed by atoms with E-state index in [1.54, 1.807) is 0 Å². The van der Waals surface area contributed by atoms with Crippen LogP contribution in [-0.4, -0.2) is 27.1 Å². The van der Waals surface area contributed by atoms with Gasteiger partial charge in [0, 0.05) is 25.7 Å². The van der Waals surface area contributed by atoms with E-state index in [1.165, 1.54) is 6.07 Å². The molecular weight excluding hydrogens is 227 g/mol. The summed E-state index contributed by atoms with van der Waals surface area (Å²) in [6, 6.07) is 2.24. The monoisotopic (exact) mass is 231 g/mol. The van der Waals surface area contributed by atoms with E-state index < -0.39 is 11.9 Å². The fourth-order valence-electron chi connectivity index (χ4n) is 0.681. The van der Waals surface area contributed by atoms with Gasteiger partial charge in [0.1, 0.15) is 5.69 Å². The van der Waals surface area contributed by atoms with Crippen LogP contribution in [0.5, 0.6) is 0 Å². The third-order valence-corrected chi connectivity index (χ3v) is 1.23. The van der Waals surface area contributed by atoms with Crippen LogP contribution in [0, 0.1) is 0 Å². The zero-order valence-electron chi connectivity index (χ0n) is 6.60. The van der Waals surface area contributed by atoms with Crippen LogP contribution in [0.4, 0.5) is 0 Å². The van der Waals surface area contributed by atoms with Crippen molar-refractivity contribution in [2.24, 2.45) is 0 Å². The molecule has 0 spiro atoms. The van der Waals surface area contributed by atoms with Gasteiger partial charge in [0.15, 0.2) is 0 Å². The van der Waals surface area contributed by atoms with Crippen LogP contribution in [0.1, 0.15) is 20.8 Å². The molecule has 2 N–H and O–H groups in total. The fraction of sp³-hybridized carbons (Fsp3) is 0. The third kappa shape index (κ3) is 2.91. The predicted molar refractivity (Wildman–Crippen MR) is 38.2 cm³/mol. The minimum atomic E-state index is -1.24. The summed E-state index contributed by atoms with van der Waals surface area (Å²) in [6.45, 7) is 0. The van der Waals surface area contributed by atoms with Crippen LogP contribution in [0.2, 0.25) is 0 Å². The van der Waals surface area contributed by atoms with Gasteiger partial charge in [-0.15, -0.1) is 0 Å². The van der Waals surface area contributed by atoms with Crippen LogP contribution in [0.3, 0.4) is 0 Å². The van der Waals surface area contributed by atoms with Gasteiger partial charge >= 0.3 is 11.9 Å². The van der Waals surface area contributed by atoms with Gasteiger partial charge in [-0.05, 0) is 12.1 Å². The summed E-state index contributed by atoms with van der Waals surface area (Å²) in [5, 5.41) is 16.9.